The van der Waals surface area contributed by atoms with Gasteiger partial charge in [0.15, 0.2) is 11.5 Å². The first-order valence-electron chi connectivity index (χ1n) is 9.56. The van der Waals surface area contributed by atoms with E-state index in [1.807, 2.05) is 19.1 Å². The van der Waals surface area contributed by atoms with E-state index < -0.39 is 15.9 Å². The number of halogens is 1. The molecular weight excluding hydrogens is 472 g/mol. The average Bonchev–Trinajstić information content (AvgIpc) is 3.11. The first-order chi connectivity index (χ1) is 15.1. The third kappa shape index (κ3) is 5.40. The highest BCUT2D eigenvalue weighted by Gasteiger charge is 2.27. The minimum absolute atomic E-state index is 0.144. The van der Waals surface area contributed by atoms with E-state index in [9.17, 15) is 13.2 Å². The number of ether oxygens (including phenoxy) is 2. The summed E-state index contributed by atoms with van der Waals surface area (Å²) in [4.78, 5) is 18.5. The minimum Gasteiger partial charge on any atom is -0.493 e. The van der Waals surface area contributed by atoms with Crippen molar-refractivity contribution < 1.29 is 22.7 Å². The molecule has 2 aromatic carbocycles. The van der Waals surface area contributed by atoms with Gasteiger partial charge < -0.3 is 9.47 Å². The number of hydrogen-bond donors (Lipinski definition) is 0. The highest BCUT2D eigenvalue weighted by molar-refractivity contribution is 7.88. The molecule has 1 heterocycles. The first kappa shape index (κ1) is 24.0. The van der Waals surface area contributed by atoms with E-state index in [0.717, 1.165) is 26.0 Å². The Kier molecular flexibility index (Phi) is 7.43. The van der Waals surface area contributed by atoms with Gasteiger partial charge in [0.1, 0.15) is 5.01 Å². The number of rotatable bonds is 8. The van der Waals surface area contributed by atoms with Gasteiger partial charge in [-0.05, 0) is 25.1 Å². The fraction of sp³-hybridized carbons (Fsp3) is 0.273. The molecule has 0 atom stereocenters. The third-order valence-corrected chi connectivity index (χ3v) is 7.23. The van der Waals surface area contributed by atoms with Gasteiger partial charge in [0.2, 0.25) is 15.9 Å². The molecule has 1 amide bonds. The van der Waals surface area contributed by atoms with Crippen molar-refractivity contribution >= 4 is 38.9 Å². The second-order valence-corrected chi connectivity index (χ2v) is 10.6. The number of hydrogen-bond acceptors (Lipinski definition) is 7. The summed E-state index contributed by atoms with van der Waals surface area (Å²) in [5.74, 6) is 0.258. The van der Waals surface area contributed by atoms with Gasteiger partial charge in [-0.2, -0.15) is 0 Å². The lowest BCUT2D eigenvalue weighted by Gasteiger charge is -2.22. The number of aromatic nitrogens is 1. The zero-order valence-electron chi connectivity index (χ0n) is 18.1. The van der Waals surface area contributed by atoms with Crippen molar-refractivity contribution in [2.75, 3.05) is 20.5 Å². The van der Waals surface area contributed by atoms with E-state index >= 15 is 0 Å². The summed E-state index contributed by atoms with van der Waals surface area (Å²) in [5, 5.41) is 1.36. The molecule has 0 aliphatic heterocycles. The van der Waals surface area contributed by atoms with Gasteiger partial charge in [0, 0.05) is 21.0 Å². The van der Waals surface area contributed by atoms with Crippen LogP contribution in [0.4, 0.5) is 0 Å². The Morgan fingerprint density at radius 1 is 1.12 bits per heavy atom. The first-order valence-corrected chi connectivity index (χ1v) is 12.6. The van der Waals surface area contributed by atoms with Crippen LogP contribution >= 0.6 is 22.9 Å². The van der Waals surface area contributed by atoms with Gasteiger partial charge in [0.05, 0.1) is 39.1 Å². The van der Waals surface area contributed by atoms with E-state index in [1.165, 1.54) is 25.6 Å². The van der Waals surface area contributed by atoms with Gasteiger partial charge in [-0.3, -0.25) is 4.79 Å². The maximum atomic E-state index is 13.1. The van der Waals surface area contributed by atoms with E-state index in [-0.39, 0.29) is 13.0 Å². The topological polar surface area (TPSA) is 85.8 Å². The maximum Gasteiger partial charge on any atom is 0.242 e. The lowest BCUT2D eigenvalue weighted by atomic mass is 10.1. The van der Waals surface area contributed by atoms with Crippen molar-refractivity contribution in [1.29, 1.82) is 0 Å². The number of sulfonamides is 1. The quantitative estimate of drug-likeness (QED) is 0.463. The molecule has 32 heavy (non-hydrogen) atoms. The molecule has 1 aromatic heterocycles. The predicted molar refractivity (Wildman–Crippen MR) is 126 cm³/mol. The summed E-state index contributed by atoms with van der Waals surface area (Å²) in [7, 11) is -0.888. The zero-order chi connectivity index (χ0) is 23.5. The number of thiazole rings is 1. The third-order valence-electron chi connectivity index (χ3n) is 4.78. The molecule has 0 aliphatic carbocycles. The summed E-state index contributed by atoms with van der Waals surface area (Å²) in [6, 6.07) is 12.3. The molecule has 0 fully saturated rings. The van der Waals surface area contributed by atoms with Crippen LogP contribution in [0.2, 0.25) is 5.02 Å². The van der Waals surface area contributed by atoms with Gasteiger partial charge in [-0.1, -0.05) is 35.9 Å². The fourth-order valence-corrected chi connectivity index (χ4v) is 5.03. The normalized spacial score (nSPS) is 11.3. The van der Waals surface area contributed by atoms with Gasteiger partial charge >= 0.3 is 0 Å². The summed E-state index contributed by atoms with van der Waals surface area (Å²) >= 11 is 7.39. The van der Waals surface area contributed by atoms with Gasteiger partial charge in [-0.25, -0.2) is 17.7 Å². The number of carbonyl (C=O) groups is 1. The van der Waals surface area contributed by atoms with Gasteiger partial charge in [0.25, 0.3) is 0 Å². The number of benzene rings is 2. The minimum atomic E-state index is -3.84. The highest BCUT2D eigenvalue weighted by atomic mass is 35.5. The maximum absolute atomic E-state index is 13.1. The Labute approximate surface area is 196 Å². The average molecular weight is 495 g/mol. The summed E-state index contributed by atoms with van der Waals surface area (Å²) in [6.07, 6.45) is 0.861. The molecule has 0 radical (unpaired) electrons. The molecule has 3 rings (SSSR count). The Bertz CT molecular complexity index is 1220. The lowest BCUT2D eigenvalue weighted by molar-refractivity contribution is -0.126. The van der Waals surface area contributed by atoms with Crippen LogP contribution in [0.1, 0.15) is 16.1 Å². The van der Waals surface area contributed by atoms with E-state index in [0.29, 0.717) is 27.8 Å². The Balaban J connectivity index is 1.88. The Morgan fingerprint density at radius 2 is 1.81 bits per heavy atom. The lowest BCUT2D eigenvalue weighted by Crippen LogP contribution is -2.37. The highest BCUT2D eigenvalue weighted by Crippen LogP contribution is 2.33. The van der Waals surface area contributed by atoms with Crippen molar-refractivity contribution in [3.8, 4) is 22.1 Å². The Hall–Kier alpha value is -2.62. The molecule has 0 saturated carbocycles. The van der Waals surface area contributed by atoms with Crippen LogP contribution in [-0.2, 0) is 27.8 Å². The monoisotopic (exact) mass is 494 g/mol. The van der Waals surface area contributed by atoms with Crippen LogP contribution in [0.15, 0.2) is 42.5 Å². The van der Waals surface area contributed by atoms with Crippen LogP contribution in [0.5, 0.6) is 11.5 Å². The number of amides is 1. The molecule has 3 aromatic rings. The van der Waals surface area contributed by atoms with Crippen LogP contribution in [-0.4, -0.2) is 44.1 Å². The predicted octanol–water partition coefficient (Wildman–Crippen LogP) is 4.32. The van der Waals surface area contributed by atoms with Crippen molar-refractivity contribution in [2.24, 2.45) is 0 Å². The van der Waals surface area contributed by atoms with Crippen LogP contribution < -0.4 is 9.47 Å². The summed E-state index contributed by atoms with van der Waals surface area (Å²) in [5.41, 5.74) is 1.93. The molecule has 0 unspecified atom stereocenters. The zero-order valence-corrected chi connectivity index (χ0v) is 20.5. The smallest absolute Gasteiger partial charge is 0.242 e. The number of aryl methyl sites for hydroxylation is 1. The molecule has 0 N–H and O–H groups in total. The number of carbonyl (C=O) groups excluding carboxylic acids is 1. The van der Waals surface area contributed by atoms with Crippen LogP contribution in [0, 0.1) is 6.92 Å². The molecule has 0 aliphatic rings. The van der Waals surface area contributed by atoms with Crippen molar-refractivity contribution in [3.05, 3.63) is 63.6 Å². The van der Waals surface area contributed by atoms with Crippen LogP contribution in [0.3, 0.4) is 0 Å². The second kappa shape index (κ2) is 9.89. The summed E-state index contributed by atoms with van der Waals surface area (Å²) in [6.45, 7) is 1.68. The van der Waals surface area contributed by atoms with Crippen molar-refractivity contribution in [2.45, 2.75) is 19.9 Å². The molecule has 10 heteroatoms. The Morgan fingerprint density at radius 3 is 2.41 bits per heavy atom. The SMILES string of the molecule is COc1cccc(CN(C(=O)Cc2nc(-c3ccc(Cl)cc3)sc2C)S(C)(=O)=O)c1OC. The largest absolute Gasteiger partial charge is 0.493 e. The number of nitrogens with zero attached hydrogens (tertiary/aromatic N) is 2. The number of methoxy groups -OCH3 is 2. The fourth-order valence-electron chi connectivity index (χ4n) is 3.16. The molecule has 170 valence electrons. The molecular formula is C22H23ClN2O5S2. The van der Waals surface area contributed by atoms with E-state index in [2.05, 4.69) is 4.98 Å². The van der Waals surface area contributed by atoms with Gasteiger partial charge in [-0.15, -0.1) is 11.3 Å². The molecule has 0 bridgehead atoms. The van der Waals surface area contributed by atoms with Crippen molar-refractivity contribution in [1.82, 2.24) is 9.29 Å². The van der Waals surface area contributed by atoms with Crippen molar-refractivity contribution in [3.63, 3.8) is 0 Å². The van der Waals surface area contributed by atoms with Crippen LogP contribution in [0.25, 0.3) is 10.6 Å². The molecule has 7 nitrogen and oxygen atoms in total. The van der Waals surface area contributed by atoms with E-state index in [1.54, 1.807) is 30.3 Å². The molecule has 0 spiro atoms. The summed E-state index contributed by atoms with van der Waals surface area (Å²) < 4.78 is 36.4. The standard InChI is InChI=1S/C22H23ClN2O5S2/c1-14-18(24-22(31-14)15-8-10-17(23)11-9-15)12-20(26)25(32(4,27)28)13-16-6-5-7-19(29-2)21(16)30-3/h5-11H,12-13H2,1-4H3. The second-order valence-electron chi connectivity index (χ2n) is 7.02. The number of para-hydroxylation sites is 1. The van der Waals surface area contributed by atoms with E-state index in [4.69, 9.17) is 21.1 Å². The molecule has 0 saturated heterocycles.